The van der Waals surface area contributed by atoms with Crippen LogP contribution in [0.5, 0.6) is 0 Å². The van der Waals surface area contributed by atoms with Gasteiger partial charge in [-0.3, -0.25) is 0 Å². The van der Waals surface area contributed by atoms with Crippen molar-refractivity contribution in [3.63, 3.8) is 0 Å². The Labute approximate surface area is 92.5 Å². The molecule has 0 saturated carbocycles. The summed E-state index contributed by atoms with van der Waals surface area (Å²) in [5.74, 6) is -0.212. The van der Waals surface area contributed by atoms with Crippen LogP contribution in [0.25, 0.3) is 22.0 Å². The van der Waals surface area contributed by atoms with E-state index in [0.29, 0.717) is 0 Å². The topological polar surface area (TPSA) is 15.8 Å². The number of halogens is 1. The monoisotopic (exact) mass is 210 g/mol. The molecule has 0 fully saturated rings. The number of aromatic nitrogens is 1. The van der Waals surface area contributed by atoms with Crippen molar-refractivity contribution in [3.05, 3.63) is 60.5 Å². The molecule has 77 valence electrons. The Morgan fingerprint density at radius 3 is 2.69 bits per heavy atom. The molecule has 0 aliphatic heterocycles. The van der Waals surface area contributed by atoms with Crippen molar-refractivity contribution < 1.29 is 4.39 Å². The van der Waals surface area contributed by atoms with Crippen LogP contribution in [0.1, 0.15) is 0 Å². The van der Waals surface area contributed by atoms with Crippen LogP contribution in [-0.2, 0) is 0 Å². The van der Waals surface area contributed by atoms with Gasteiger partial charge in [-0.2, -0.15) is 0 Å². The fraction of sp³-hybridized carbons (Fsp3) is 0. The Morgan fingerprint density at radius 1 is 1.06 bits per heavy atom. The van der Waals surface area contributed by atoms with E-state index in [0.717, 1.165) is 22.0 Å². The minimum Gasteiger partial charge on any atom is -0.361 e. The number of fused-ring (bicyclic) bond motifs is 1. The van der Waals surface area contributed by atoms with Gasteiger partial charge in [0.1, 0.15) is 5.82 Å². The summed E-state index contributed by atoms with van der Waals surface area (Å²) in [5, 5.41) is 0.909. The SMILES string of the molecule is Fc1ccc2[nH]cc(-c3cc[c]cc3)c2c1. The lowest BCUT2D eigenvalue weighted by atomic mass is 10.1. The highest BCUT2D eigenvalue weighted by molar-refractivity contribution is 5.95. The first kappa shape index (κ1) is 9.16. The molecule has 1 aromatic heterocycles. The molecular formula is C14H9FN. The van der Waals surface area contributed by atoms with Gasteiger partial charge in [0, 0.05) is 22.7 Å². The van der Waals surface area contributed by atoms with Gasteiger partial charge in [-0.1, -0.05) is 24.3 Å². The summed E-state index contributed by atoms with van der Waals surface area (Å²) in [5.41, 5.74) is 3.03. The predicted octanol–water partition coefficient (Wildman–Crippen LogP) is 3.77. The van der Waals surface area contributed by atoms with Crippen molar-refractivity contribution in [1.82, 2.24) is 4.98 Å². The number of nitrogens with one attached hydrogen (secondary N) is 1. The lowest BCUT2D eigenvalue weighted by Crippen LogP contribution is -1.76. The van der Waals surface area contributed by atoms with E-state index >= 15 is 0 Å². The predicted molar refractivity (Wildman–Crippen MR) is 62.5 cm³/mol. The first-order valence-corrected chi connectivity index (χ1v) is 5.08. The van der Waals surface area contributed by atoms with Gasteiger partial charge in [0.2, 0.25) is 0 Å². The quantitative estimate of drug-likeness (QED) is 0.629. The van der Waals surface area contributed by atoms with Crippen LogP contribution >= 0.6 is 0 Å². The largest absolute Gasteiger partial charge is 0.361 e. The van der Waals surface area contributed by atoms with Crippen molar-refractivity contribution >= 4 is 10.9 Å². The summed E-state index contributed by atoms with van der Waals surface area (Å²) in [4.78, 5) is 3.14. The molecule has 1 nitrogen and oxygen atoms in total. The second-order valence-electron chi connectivity index (χ2n) is 3.68. The van der Waals surface area contributed by atoms with E-state index in [1.165, 1.54) is 6.07 Å². The van der Waals surface area contributed by atoms with Gasteiger partial charge in [-0.05, 0) is 29.8 Å². The Bertz CT molecular complexity index is 626. The summed E-state index contributed by atoms with van der Waals surface area (Å²) in [6.07, 6.45) is 1.90. The van der Waals surface area contributed by atoms with Crippen molar-refractivity contribution in [3.8, 4) is 11.1 Å². The Morgan fingerprint density at radius 2 is 1.88 bits per heavy atom. The number of H-pyrrole nitrogens is 1. The van der Waals surface area contributed by atoms with E-state index < -0.39 is 0 Å². The third-order valence-corrected chi connectivity index (χ3v) is 2.67. The standard InChI is InChI=1S/C14H9FN/c15-11-6-7-14-12(8-11)13(9-16-14)10-4-2-1-3-5-10/h2-9,16H. The van der Waals surface area contributed by atoms with E-state index in [9.17, 15) is 4.39 Å². The fourth-order valence-corrected chi connectivity index (χ4v) is 1.90. The molecule has 1 heterocycles. The molecule has 0 atom stereocenters. The smallest absolute Gasteiger partial charge is 0.123 e. The summed E-state index contributed by atoms with van der Waals surface area (Å²) < 4.78 is 13.2. The number of hydrogen-bond acceptors (Lipinski definition) is 0. The summed E-state index contributed by atoms with van der Waals surface area (Å²) >= 11 is 0. The van der Waals surface area contributed by atoms with Crippen LogP contribution < -0.4 is 0 Å². The van der Waals surface area contributed by atoms with Crippen molar-refractivity contribution in [1.29, 1.82) is 0 Å². The molecule has 0 aliphatic rings. The van der Waals surface area contributed by atoms with Gasteiger partial charge in [-0.15, -0.1) is 0 Å². The number of benzene rings is 2. The third-order valence-electron chi connectivity index (χ3n) is 2.67. The van der Waals surface area contributed by atoms with Gasteiger partial charge >= 0.3 is 0 Å². The molecule has 0 unspecified atom stereocenters. The van der Waals surface area contributed by atoms with Gasteiger partial charge in [0.05, 0.1) is 0 Å². The molecule has 1 radical (unpaired) electrons. The molecular weight excluding hydrogens is 201 g/mol. The molecule has 16 heavy (non-hydrogen) atoms. The van der Waals surface area contributed by atoms with Gasteiger partial charge < -0.3 is 4.98 Å². The van der Waals surface area contributed by atoms with E-state index in [4.69, 9.17) is 0 Å². The van der Waals surface area contributed by atoms with E-state index in [1.54, 1.807) is 12.1 Å². The summed E-state index contributed by atoms with van der Waals surface area (Å²) in [7, 11) is 0. The van der Waals surface area contributed by atoms with Gasteiger partial charge in [0.25, 0.3) is 0 Å². The molecule has 0 spiro atoms. The normalized spacial score (nSPS) is 10.8. The van der Waals surface area contributed by atoms with Crippen LogP contribution in [0, 0.1) is 11.9 Å². The van der Waals surface area contributed by atoms with E-state index in [2.05, 4.69) is 11.1 Å². The first-order chi connectivity index (χ1) is 7.84. The minimum atomic E-state index is -0.212. The van der Waals surface area contributed by atoms with Crippen LogP contribution in [0.4, 0.5) is 4.39 Å². The summed E-state index contributed by atoms with van der Waals surface area (Å²) in [6.45, 7) is 0. The van der Waals surface area contributed by atoms with Crippen LogP contribution in [0.2, 0.25) is 0 Å². The van der Waals surface area contributed by atoms with Crippen LogP contribution in [0.15, 0.2) is 48.7 Å². The average molecular weight is 210 g/mol. The average Bonchev–Trinajstić information content (AvgIpc) is 2.73. The van der Waals surface area contributed by atoms with Crippen molar-refractivity contribution in [2.75, 3.05) is 0 Å². The minimum absolute atomic E-state index is 0.212. The Balaban J connectivity index is 2.29. The molecule has 3 aromatic rings. The summed E-state index contributed by atoms with van der Waals surface area (Å²) in [6, 6.07) is 15.4. The third kappa shape index (κ3) is 1.39. The van der Waals surface area contributed by atoms with Gasteiger partial charge in [-0.25, -0.2) is 4.39 Å². The maximum atomic E-state index is 13.2. The molecule has 3 rings (SSSR count). The molecule has 0 aliphatic carbocycles. The van der Waals surface area contributed by atoms with E-state index in [1.807, 2.05) is 30.5 Å². The number of rotatable bonds is 1. The van der Waals surface area contributed by atoms with E-state index in [-0.39, 0.29) is 5.82 Å². The molecule has 2 heteroatoms. The van der Waals surface area contributed by atoms with Crippen LogP contribution in [-0.4, -0.2) is 4.98 Å². The lowest BCUT2D eigenvalue weighted by Gasteiger charge is -1.98. The zero-order valence-electron chi connectivity index (χ0n) is 8.50. The molecule has 0 bridgehead atoms. The second kappa shape index (κ2) is 3.49. The highest BCUT2D eigenvalue weighted by Gasteiger charge is 2.06. The van der Waals surface area contributed by atoms with Gasteiger partial charge in [0.15, 0.2) is 0 Å². The second-order valence-corrected chi connectivity index (χ2v) is 3.68. The first-order valence-electron chi connectivity index (χ1n) is 5.08. The van der Waals surface area contributed by atoms with Crippen molar-refractivity contribution in [2.45, 2.75) is 0 Å². The maximum Gasteiger partial charge on any atom is 0.123 e. The Hall–Kier alpha value is -2.09. The molecule has 0 amide bonds. The lowest BCUT2D eigenvalue weighted by molar-refractivity contribution is 0.630. The number of hydrogen-bond donors (Lipinski definition) is 1. The van der Waals surface area contributed by atoms with Crippen LogP contribution in [0.3, 0.4) is 0 Å². The zero-order chi connectivity index (χ0) is 11.0. The maximum absolute atomic E-state index is 13.2. The Kier molecular flexibility index (Phi) is 2.00. The highest BCUT2D eigenvalue weighted by Crippen LogP contribution is 2.28. The fourth-order valence-electron chi connectivity index (χ4n) is 1.90. The molecule has 0 saturated heterocycles. The highest BCUT2D eigenvalue weighted by atomic mass is 19.1. The number of aromatic amines is 1. The zero-order valence-corrected chi connectivity index (χ0v) is 8.50. The molecule has 1 N–H and O–H groups in total. The molecule has 2 aromatic carbocycles. The van der Waals surface area contributed by atoms with Crippen molar-refractivity contribution in [2.24, 2.45) is 0 Å².